The summed E-state index contributed by atoms with van der Waals surface area (Å²) < 4.78 is 42.3. The number of sulfone groups is 1. The van der Waals surface area contributed by atoms with Crippen LogP contribution in [0.1, 0.15) is 13.3 Å². The highest BCUT2D eigenvalue weighted by molar-refractivity contribution is 7.92. The average Bonchev–Trinajstić information content (AvgIpc) is 2.51. The fraction of sp³-hybridized carbons (Fsp3) is 0.533. The third-order valence-corrected chi connectivity index (χ3v) is 5.41. The van der Waals surface area contributed by atoms with Gasteiger partial charge in [-0.05, 0) is 31.2 Å². The first-order valence-corrected chi connectivity index (χ1v) is 8.88. The summed E-state index contributed by atoms with van der Waals surface area (Å²) in [4.78, 5) is 11.8. The van der Waals surface area contributed by atoms with Gasteiger partial charge in [0, 0.05) is 33.2 Å². The molecule has 1 amide bonds. The molecule has 1 unspecified atom stereocenters. The maximum absolute atomic E-state index is 12.9. The Hall–Kier alpha value is -1.51. The number of hydrogen-bond donors (Lipinski definition) is 2. The molecule has 1 rings (SSSR count). The number of ether oxygens (including phenoxy) is 1. The van der Waals surface area contributed by atoms with Crippen LogP contribution in [0.25, 0.3) is 0 Å². The summed E-state index contributed by atoms with van der Waals surface area (Å²) in [6.45, 7) is 3.72. The molecule has 130 valence electrons. The summed E-state index contributed by atoms with van der Waals surface area (Å²) in [6, 6.07) is 4.59. The Bertz CT molecular complexity index is 590. The minimum absolute atomic E-state index is 0.0143. The van der Waals surface area contributed by atoms with E-state index in [1.165, 1.54) is 19.1 Å². The molecule has 1 aromatic rings. The first-order valence-electron chi connectivity index (χ1n) is 7.33. The van der Waals surface area contributed by atoms with Crippen LogP contribution in [0.2, 0.25) is 0 Å². The number of rotatable bonds is 10. The van der Waals surface area contributed by atoms with E-state index in [0.29, 0.717) is 26.2 Å². The van der Waals surface area contributed by atoms with Crippen molar-refractivity contribution >= 4 is 15.7 Å². The third kappa shape index (κ3) is 6.64. The maximum Gasteiger partial charge on any atom is 0.221 e. The largest absolute Gasteiger partial charge is 0.383 e. The van der Waals surface area contributed by atoms with Gasteiger partial charge in [-0.3, -0.25) is 4.79 Å². The zero-order valence-electron chi connectivity index (χ0n) is 13.3. The highest BCUT2D eigenvalue weighted by Gasteiger charge is 2.25. The number of carbonyl (C=O) groups excluding carboxylic acids is 1. The Kier molecular flexibility index (Phi) is 8.15. The van der Waals surface area contributed by atoms with Gasteiger partial charge in [0.15, 0.2) is 9.84 Å². The summed E-state index contributed by atoms with van der Waals surface area (Å²) in [5.74, 6) is -0.841. The highest BCUT2D eigenvalue weighted by atomic mass is 32.2. The van der Waals surface area contributed by atoms with E-state index in [2.05, 4.69) is 10.6 Å². The Morgan fingerprint density at radius 3 is 2.48 bits per heavy atom. The van der Waals surface area contributed by atoms with Gasteiger partial charge < -0.3 is 15.4 Å². The van der Waals surface area contributed by atoms with Gasteiger partial charge in [0.2, 0.25) is 5.91 Å². The Morgan fingerprint density at radius 2 is 1.87 bits per heavy atom. The number of methoxy groups -OCH3 is 1. The molecule has 0 aliphatic carbocycles. The predicted octanol–water partition coefficient (Wildman–Crippen LogP) is 0.730. The monoisotopic (exact) mass is 346 g/mol. The summed E-state index contributed by atoms with van der Waals surface area (Å²) >= 11 is 0. The van der Waals surface area contributed by atoms with Gasteiger partial charge in [-0.2, -0.15) is 0 Å². The van der Waals surface area contributed by atoms with Gasteiger partial charge in [0.05, 0.1) is 16.8 Å². The van der Waals surface area contributed by atoms with Crippen molar-refractivity contribution in [3.63, 3.8) is 0 Å². The molecule has 1 aromatic carbocycles. The van der Waals surface area contributed by atoms with Crippen LogP contribution in [0.5, 0.6) is 0 Å². The number of hydrogen-bond acceptors (Lipinski definition) is 5. The molecule has 23 heavy (non-hydrogen) atoms. The quantitative estimate of drug-likeness (QED) is 0.482. The standard InChI is InChI=1S/C15H23FN2O4S/c1-12(11-15(19)18-8-7-17-9-10-22-2)23(20,21)14-5-3-13(16)4-6-14/h3-6,12,17H,7-11H2,1-2H3,(H,18,19). The summed E-state index contributed by atoms with van der Waals surface area (Å²) in [5, 5.41) is 4.84. The van der Waals surface area contributed by atoms with Gasteiger partial charge in [0.25, 0.3) is 0 Å². The van der Waals surface area contributed by atoms with Crippen LogP contribution in [0.15, 0.2) is 29.2 Å². The minimum Gasteiger partial charge on any atom is -0.383 e. The molecule has 0 fully saturated rings. The molecule has 0 aliphatic heterocycles. The molecule has 0 aliphatic rings. The summed E-state index contributed by atoms with van der Waals surface area (Å²) in [6.07, 6.45) is -0.141. The van der Waals surface area contributed by atoms with E-state index >= 15 is 0 Å². The topological polar surface area (TPSA) is 84.5 Å². The van der Waals surface area contributed by atoms with Crippen molar-refractivity contribution in [2.24, 2.45) is 0 Å². The van der Waals surface area contributed by atoms with Crippen molar-refractivity contribution in [3.8, 4) is 0 Å². The number of nitrogens with one attached hydrogen (secondary N) is 2. The lowest BCUT2D eigenvalue weighted by molar-refractivity contribution is -0.121. The minimum atomic E-state index is -3.65. The predicted molar refractivity (Wildman–Crippen MR) is 85.4 cm³/mol. The number of carbonyl (C=O) groups is 1. The van der Waals surface area contributed by atoms with Crippen molar-refractivity contribution in [3.05, 3.63) is 30.1 Å². The molecule has 0 saturated heterocycles. The molecule has 6 nitrogen and oxygen atoms in total. The van der Waals surface area contributed by atoms with Crippen LogP contribution in [-0.4, -0.2) is 52.9 Å². The second-order valence-corrected chi connectivity index (χ2v) is 7.47. The normalized spacial score (nSPS) is 12.8. The summed E-state index contributed by atoms with van der Waals surface area (Å²) in [7, 11) is -2.05. The van der Waals surface area contributed by atoms with Crippen molar-refractivity contribution < 1.29 is 22.3 Å². The van der Waals surface area contributed by atoms with Crippen molar-refractivity contribution in [2.75, 3.05) is 33.4 Å². The fourth-order valence-electron chi connectivity index (χ4n) is 1.89. The second kappa shape index (κ2) is 9.59. The molecule has 0 saturated carbocycles. The van der Waals surface area contributed by atoms with E-state index in [1.54, 1.807) is 7.11 Å². The van der Waals surface area contributed by atoms with Crippen molar-refractivity contribution in [2.45, 2.75) is 23.5 Å². The smallest absolute Gasteiger partial charge is 0.221 e. The summed E-state index contributed by atoms with van der Waals surface area (Å²) in [5.41, 5.74) is 0. The molecular formula is C15H23FN2O4S. The zero-order chi connectivity index (χ0) is 17.3. The van der Waals surface area contributed by atoms with Crippen LogP contribution in [0, 0.1) is 5.82 Å². The van der Waals surface area contributed by atoms with E-state index in [4.69, 9.17) is 4.74 Å². The Labute approximate surface area is 136 Å². The Balaban J connectivity index is 2.43. The van der Waals surface area contributed by atoms with Crippen LogP contribution in [0.3, 0.4) is 0 Å². The average molecular weight is 346 g/mol. The molecule has 2 N–H and O–H groups in total. The van der Waals surface area contributed by atoms with Gasteiger partial charge in [-0.15, -0.1) is 0 Å². The fourth-order valence-corrected chi connectivity index (χ4v) is 3.24. The van der Waals surface area contributed by atoms with Crippen molar-refractivity contribution in [1.29, 1.82) is 0 Å². The molecule has 0 aromatic heterocycles. The van der Waals surface area contributed by atoms with E-state index in [9.17, 15) is 17.6 Å². The number of benzene rings is 1. The molecule has 0 spiro atoms. The number of halogens is 1. The van der Waals surface area contributed by atoms with Gasteiger partial charge in [-0.1, -0.05) is 0 Å². The maximum atomic E-state index is 12.9. The third-order valence-electron chi connectivity index (χ3n) is 3.25. The zero-order valence-corrected chi connectivity index (χ0v) is 14.2. The molecular weight excluding hydrogens is 323 g/mol. The number of amides is 1. The molecule has 0 heterocycles. The van der Waals surface area contributed by atoms with E-state index < -0.39 is 20.9 Å². The lowest BCUT2D eigenvalue weighted by Crippen LogP contribution is -2.35. The molecule has 0 bridgehead atoms. The second-order valence-electron chi connectivity index (χ2n) is 5.11. The van der Waals surface area contributed by atoms with Crippen molar-refractivity contribution in [1.82, 2.24) is 10.6 Å². The Morgan fingerprint density at radius 1 is 1.22 bits per heavy atom. The van der Waals surface area contributed by atoms with Gasteiger partial charge in [0.1, 0.15) is 5.82 Å². The van der Waals surface area contributed by atoms with Crippen LogP contribution in [0.4, 0.5) is 4.39 Å². The van der Waals surface area contributed by atoms with Crippen LogP contribution < -0.4 is 10.6 Å². The van der Waals surface area contributed by atoms with Crippen LogP contribution >= 0.6 is 0 Å². The molecule has 0 radical (unpaired) electrons. The van der Waals surface area contributed by atoms with Gasteiger partial charge in [-0.25, -0.2) is 12.8 Å². The van der Waals surface area contributed by atoms with Crippen LogP contribution in [-0.2, 0) is 19.4 Å². The van der Waals surface area contributed by atoms with E-state index in [-0.39, 0.29) is 17.2 Å². The first-order chi connectivity index (χ1) is 10.9. The van der Waals surface area contributed by atoms with Gasteiger partial charge >= 0.3 is 0 Å². The van der Waals surface area contributed by atoms with E-state index in [0.717, 1.165) is 12.1 Å². The lowest BCUT2D eigenvalue weighted by Gasteiger charge is -2.13. The molecule has 8 heteroatoms. The SMILES string of the molecule is COCCNCCNC(=O)CC(C)S(=O)(=O)c1ccc(F)cc1. The molecule has 1 atom stereocenters. The lowest BCUT2D eigenvalue weighted by atomic mass is 10.3. The highest BCUT2D eigenvalue weighted by Crippen LogP contribution is 2.18. The first kappa shape index (κ1) is 19.5. The van der Waals surface area contributed by atoms with E-state index in [1.807, 2.05) is 0 Å².